The smallest absolute Gasteiger partial charge is 0.233 e. The minimum atomic E-state index is -0.0315. The number of nitrogens with zero attached hydrogens (tertiary/aromatic N) is 1. The Bertz CT molecular complexity index is 327. The highest BCUT2D eigenvalue weighted by Crippen LogP contribution is 2.16. The fraction of sp³-hybridized carbons (Fsp3) is 0.273. The predicted octanol–water partition coefficient (Wildman–Crippen LogP) is 1.44. The maximum Gasteiger partial charge on any atom is 0.233 e. The van der Waals surface area contributed by atoms with Crippen LogP contribution in [0.5, 0.6) is 0 Å². The Balaban J connectivity index is 2.37. The molecule has 0 heterocycles. The molecular weight excluding hydrogens is 210 g/mol. The van der Waals surface area contributed by atoms with Crippen molar-refractivity contribution in [1.82, 2.24) is 4.90 Å². The topological polar surface area (TPSA) is 37.4 Å². The second kappa shape index (κ2) is 6.24. The largest absolute Gasteiger partial charge is 0.338 e. The van der Waals surface area contributed by atoms with E-state index in [0.29, 0.717) is 5.75 Å². The van der Waals surface area contributed by atoms with Gasteiger partial charge in [-0.05, 0) is 12.1 Å². The van der Waals surface area contributed by atoms with E-state index in [1.807, 2.05) is 30.3 Å². The van der Waals surface area contributed by atoms with Crippen LogP contribution in [0.1, 0.15) is 0 Å². The molecule has 0 bridgehead atoms. The lowest BCUT2D eigenvalue weighted by molar-refractivity contribution is -0.129. The molecule has 0 saturated heterocycles. The molecule has 1 aromatic rings. The van der Waals surface area contributed by atoms with Gasteiger partial charge >= 0.3 is 0 Å². The molecule has 0 spiro atoms. The Labute approximate surface area is 93.5 Å². The van der Waals surface area contributed by atoms with Gasteiger partial charge in [-0.3, -0.25) is 4.79 Å². The van der Waals surface area contributed by atoms with E-state index in [2.05, 4.69) is 0 Å². The van der Waals surface area contributed by atoms with Crippen molar-refractivity contribution in [2.24, 2.45) is 0 Å². The highest BCUT2D eigenvalue weighted by Gasteiger charge is 2.07. The molecule has 0 fully saturated rings. The fourth-order valence-corrected chi connectivity index (χ4v) is 1.85. The molecule has 0 radical (unpaired) electrons. The lowest BCUT2D eigenvalue weighted by Gasteiger charge is -2.12. The number of hydrogen-bond acceptors (Lipinski definition) is 3. The van der Waals surface area contributed by atoms with Crippen molar-refractivity contribution in [3.8, 4) is 0 Å². The van der Waals surface area contributed by atoms with Crippen molar-refractivity contribution in [3.05, 3.63) is 30.3 Å². The van der Waals surface area contributed by atoms with Crippen LogP contribution in [0.3, 0.4) is 0 Å². The second-order valence-corrected chi connectivity index (χ2v) is 4.09. The Kier molecular flexibility index (Phi) is 4.90. The number of likely N-dealkylation sites (N-methyl/N-ethyl adjacent to an activating group) is 1. The van der Waals surface area contributed by atoms with E-state index in [-0.39, 0.29) is 12.5 Å². The zero-order valence-corrected chi connectivity index (χ0v) is 9.37. The number of hydrogen-bond donors (Lipinski definition) is 0. The molecule has 0 aliphatic carbocycles. The second-order valence-electron chi connectivity index (χ2n) is 3.04. The summed E-state index contributed by atoms with van der Waals surface area (Å²) >= 11 is 1.48. The molecule has 0 N–H and O–H groups in total. The molecule has 80 valence electrons. The van der Waals surface area contributed by atoms with Crippen LogP contribution in [-0.4, -0.2) is 36.4 Å². The van der Waals surface area contributed by atoms with E-state index in [1.54, 1.807) is 7.05 Å². The van der Waals surface area contributed by atoms with Gasteiger partial charge in [0, 0.05) is 11.9 Å². The van der Waals surface area contributed by atoms with Gasteiger partial charge in [0.1, 0.15) is 6.29 Å². The van der Waals surface area contributed by atoms with Gasteiger partial charge in [0.05, 0.1) is 12.3 Å². The monoisotopic (exact) mass is 223 g/mol. The molecule has 15 heavy (non-hydrogen) atoms. The fourth-order valence-electron chi connectivity index (χ4n) is 0.986. The zero-order valence-electron chi connectivity index (χ0n) is 8.55. The van der Waals surface area contributed by atoms with Gasteiger partial charge in [-0.2, -0.15) is 0 Å². The van der Waals surface area contributed by atoms with Crippen LogP contribution in [0, 0.1) is 0 Å². The quantitative estimate of drug-likeness (QED) is 0.560. The summed E-state index contributed by atoms with van der Waals surface area (Å²) in [6.45, 7) is 0.161. The molecule has 0 aromatic heterocycles. The molecular formula is C11H13NO2S. The first kappa shape index (κ1) is 11.8. The molecule has 0 aliphatic rings. The van der Waals surface area contributed by atoms with Crippen LogP contribution in [-0.2, 0) is 9.59 Å². The third-order valence-electron chi connectivity index (χ3n) is 1.88. The molecule has 0 unspecified atom stereocenters. The van der Waals surface area contributed by atoms with Gasteiger partial charge in [-0.15, -0.1) is 11.8 Å². The molecule has 1 rings (SSSR count). The molecule has 3 nitrogen and oxygen atoms in total. The lowest BCUT2D eigenvalue weighted by atomic mass is 10.4. The minimum Gasteiger partial charge on any atom is -0.338 e. The number of rotatable bonds is 5. The van der Waals surface area contributed by atoms with Crippen molar-refractivity contribution in [2.45, 2.75) is 4.90 Å². The molecule has 0 aliphatic heterocycles. The maximum atomic E-state index is 11.5. The van der Waals surface area contributed by atoms with E-state index in [4.69, 9.17) is 0 Å². The number of thioether (sulfide) groups is 1. The van der Waals surface area contributed by atoms with Crippen LogP contribution in [0.2, 0.25) is 0 Å². The van der Waals surface area contributed by atoms with Crippen LogP contribution in [0.4, 0.5) is 0 Å². The molecule has 1 amide bonds. The highest BCUT2D eigenvalue weighted by molar-refractivity contribution is 8.00. The van der Waals surface area contributed by atoms with Crippen LogP contribution < -0.4 is 0 Å². The number of amides is 1. The summed E-state index contributed by atoms with van der Waals surface area (Å²) in [5, 5.41) is 0. The summed E-state index contributed by atoms with van der Waals surface area (Å²) in [5.41, 5.74) is 0. The van der Waals surface area contributed by atoms with E-state index in [9.17, 15) is 9.59 Å². The third-order valence-corrected chi connectivity index (χ3v) is 2.88. The van der Waals surface area contributed by atoms with Gasteiger partial charge in [0.15, 0.2) is 0 Å². The van der Waals surface area contributed by atoms with Gasteiger partial charge in [-0.1, -0.05) is 18.2 Å². The van der Waals surface area contributed by atoms with Crippen LogP contribution in [0.25, 0.3) is 0 Å². The van der Waals surface area contributed by atoms with Crippen molar-refractivity contribution in [3.63, 3.8) is 0 Å². The van der Waals surface area contributed by atoms with Crippen molar-refractivity contribution < 1.29 is 9.59 Å². The SMILES string of the molecule is CN(CC=O)C(=O)CSc1ccccc1. The Morgan fingerprint density at radius 2 is 2.07 bits per heavy atom. The molecule has 4 heteroatoms. The Hall–Kier alpha value is -1.29. The van der Waals surface area contributed by atoms with Crippen molar-refractivity contribution in [1.29, 1.82) is 0 Å². The summed E-state index contributed by atoms with van der Waals surface area (Å²) in [7, 11) is 1.63. The normalized spacial score (nSPS) is 9.67. The average molecular weight is 223 g/mol. The van der Waals surface area contributed by atoms with Crippen LogP contribution in [0.15, 0.2) is 35.2 Å². The molecule has 0 atom stereocenters. The maximum absolute atomic E-state index is 11.5. The summed E-state index contributed by atoms with van der Waals surface area (Å²) in [5.74, 6) is 0.338. The van der Waals surface area contributed by atoms with E-state index < -0.39 is 0 Å². The first-order valence-electron chi connectivity index (χ1n) is 4.59. The summed E-state index contributed by atoms with van der Waals surface area (Å²) in [4.78, 5) is 24.1. The number of carbonyl (C=O) groups excluding carboxylic acids is 2. The summed E-state index contributed by atoms with van der Waals surface area (Å²) < 4.78 is 0. The average Bonchev–Trinajstić information content (AvgIpc) is 2.27. The van der Waals surface area contributed by atoms with Crippen molar-refractivity contribution >= 4 is 24.0 Å². The van der Waals surface area contributed by atoms with Gasteiger partial charge in [0.2, 0.25) is 5.91 Å². The standard InChI is InChI=1S/C11H13NO2S/c1-12(7-8-13)11(14)9-15-10-5-3-2-4-6-10/h2-6,8H,7,9H2,1H3. The van der Waals surface area contributed by atoms with E-state index >= 15 is 0 Å². The Morgan fingerprint density at radius 3 is 2.67 bits per heavy atom. The van der Waals surface area contributed by atoms with Crippen molar-refractivity contribution in [2.75, 3.05) is 19.3 Å². The molecule has 1 aromatic carbocycles. The summed E-state index contributed by atoms with van der Waals surface area (Å²) in [6.07, 6.45) is 0.727. The predicted molar refractivity (Wildman–Crippen MR) is 60.9 cm³/mol. The molecule has 0 saturated carbocycles. The number of carbonyl (C=O) groups is 2. The first-order chi connectivity index (χ1) is 7.24. The highest BCUT2D eigenvalue weighted by atomic mass is 32.2. The Morgan fingerprint density at radius 1 is 1.40 bits per heavy atom. The van der Waals surface area contributed by atoms with Gasteiger partial charge < -0.3 is 9.69 Å². The number of aldehydes is 1. The number of benzene rings is 1. The lowest BCUT2D eigenvalue weighted by Crippen LogP contribution is -2.29. The van der Waals surface area contributed by atoms with Crippen LogP contribution >= 0.6 is 11.8 Å². The zero-order chi connectivity index (χ0) is 11.1. The third kappa shape index (κ3) is 4.16. The van der Waals surface area contributed by atoms with E-state index in [0.717, 1.165) is 11.2 Å². The van der Waals surface area contributed by atoms with E-state index in [1.165, 1.54) is 16.7 Å². The first-order valence-corrected chi connectivity index (χ1v) is 5.58. The summed E-state index contributed by atoms with van der Waals surface area (Å²) in [6, 6.07) is 9.71. The van der Waals surface area contributed by atoms with Gasteiger partial charge in [-0.25, -0.2) is 0 Å². The van der Waals surface area contributed by atoms with Gasteiger partial charge in [0.25, 0.3) is 0 Å². The minimum absolute atomic E-state index is 0.0315.